The van der Waals surface area contributed by atoms with Gasteiger partial charge in [0, 0.05) is 31.4 Å². The lowest BCUT2D eigenvalue weighted by atomic mass is 10.1. The zero-order valence-corrected chi connectivity index (χ0v) is 15.5. The normalized spacial score (nSPS) is 20.5. The van der Waals surface area contributed by atoms with Gasteiger partial charge in [0.15, 0.2) is 5.82 Å². The summed E-state index contributed by atoms with van der Waals surface area (Å²) in [6, 6.07) is 11.6. The number of halogens is 2. The van der Waals surface area contributed by atoms with Crippen molar-refractivity contribution in [2.24, 2.45) is 0 Å². The third kappa shape index (κ3) is 2.73. The number of nitrogens with zero attached hydrogens (tertiary/aromatic N) is 4. The molecule has 5 rings (SSSR count). The molecule has 2 fully saturated rings. The maximum absolute atomic E-state index is 14.4. The Kier molecular flexibility index (Phi) is 4.04. The molecule has 0 saturated carbocycles. The van der Waals surface area contributed by atoms with Crippen molar-refractivity contribution in [1.29, 1.82) is 5.26 Å². The highest BCUT2D eigenvalue weighted by molar-refractivity contribution is 6.31. The second-order valence-corrected chi connectivity index (χ2v) is 7.48. The summed E-state index contributed by atoms with van der Waals surface area (Å²) in [5, 5.41) is 16.0. The monoisotopic (exact) mass is 394 g/mol. The molecule has 2 aliphatic heterocycles. The lowest BCUT2D eigenvalue weighted by Gasteiger charge is -2.28. The summed E-state index contributed by atoms with van der Waals surface area (Å²) >= 11 is 5.90. The third-order valence-corrected chi connectivity index (χ3v) is 5.67. The third-order valence-electron chi connectivity index (χ3n) is 5.38. The molecule has 0 aliphatic carbocycles. The molecular formula is C20H16ClFN6. The molecule has 3 aromatic rings. The van der Waals surface area contributed by atoms with Crippen LogP contribution >= 0.6 is 11.6 Å². The number of anilines is 3. The van der Waals surface area contributed by atoms with Crippen molar-refractivity contribution in [1.82, 2.24) is 15.3 Å². The van der Waals surface area contributed by atoms with Gasteiger partial charge in [0.25, 0.3) is 0 Å². The minimum Gasteiger partial charge on any atom is -0.351 e. The number of fused-ring (bicyclic) bond motifs is 3. The largest absolute Gasteiger partial charge is 0.351 e. The molecule has 2 aliphatic rings. The van der Waals surface area contributed by atoms with Gasteiger partial charge in [0.05, 0.1) is 27.5 Å². The molecule has 6 nitrogen and oxygen atoms in total. The number of pyridine rings is 2. The van der Waals surface area contributed by atoms with E-state index in [9.17, 15) is 9.65 Å². The zero-order valence-electron chi connectivity index (χ0n) is 14.8. The van der Waals surface area contributed by atoms with Crippen LogP contribution in [0.3, 0.4) is 0 Å². The zero-order chi connectivity index (χ0) is 19.3. The molecule has 1 aromatic carbocycles. The summed E-state index contributed by atoms with van der Waals surface area (Å²) in [4.78, 5) is 11.4. The number of nitriles is 1. The van der Waals surface area contributed by atoms with Gasteiger partial charge in [-0.1, -0.05) is 17.7 Å². The maximum atomic E-state index is 14.4. The highest BCUT2D eigenvalue weighted by atomic mass is 35.5. The van der Waals surface area contributed by atoms with Crippen LogP contribution in [0.5, 0.6) is 0 Å². The van der Waals surface area contributed by atoms with E-state index in [-0.39, 0.29) is 10.7 Å². The fourth-order valence-electron chi connectivity index (χ4n) is 4.00. The summed E-state index contributed by atoms with van der Waals surface area (Å²) in [5.41, 5.74) is 2.08. The second-order valence-electron chi connectivity index (χ2n) is 7.07. The van der Waals surface area contributed by atoms with Crippen LogP contribution in [-0.4, -0.2) is 35.1 Å². The Labute approximate surface area is 166 Å². The van der Waals surface area contributed by atoms with Gasteiger partial charge in [-0.2, -0.15) is 5.26 Å². The summed E-state index contributed by atoms with van der Waals surface area (Å²) < 4.78 is 14.4. The first-order chi connectivity index (χ1) is 13.6. The Morgan fingerprint density at radius 3 is 2.96 bits per heavy atom. The average molecular weight is 395 g/mol. The molecule has 2 atom stereocenters. The van der Waals surface area contributed by atoms with E-state index in [1.54, 1.807) is 12.1 Å². The van der Waals surface area contributed by atoms with Gasteiger partial charge in [0.1, 0.15) is 17.4 Å². The molecule has 2 saturated heterocycles. The van der Waals surface area contributed by atoms with Crippen LogP contribution in [0.1, 0.15) is 12.0 Å². The van der Waals surface area contributed by atoms with Gasteiger partial charge in [-0.15, -0.1) is 0 Å². The van der Waals surface area contributed by atoms with E-state index in [4.69, 9.17) is 16.6 Å². The number of rotatable bonds is 3. The topological polar surface area (TPSA) is 76.9 Å². The molecule has 140 valence electrons. The fourth-order valence-corrected chi connectivity index (χ4v) is 4.18. The van der Waals surface area contributed by atoms with E-state index in [0.717, 1.165) is 25.3 Å². The predicted molar refractivity (Wildman–Crippen MR) is 106 cm³/mol. The Morgan fingerprint density at radius 2 is 2.21 bits per heavy atom. The summed E-state index contributed by atoms with van der Waals surface area (Å²) in [6.45, 7) is 1.85. The summed E-state index contributed by atoms with van der Waals surface area (Å²) in [6.07, 6.45) is 2.57. The van der Waals surface area contributed by atoms with E-state index in [2.05, 4.69) is 26.6 Å². The highest BCUT2D eigenvalue weighted by Crippen LogP contribution is 2.34. The van der Waals surface area contributed by atoms with Gasteiger partial charge in [-0.3, -0.25) is 4.98 Å². The standard InChI is InChI=1S/C20H16ClFN6/c21-14-2-1-3-15(18(14)22)26-19-11(7-23)8-25-16-4-5-17(27-20(16)19)28-10-12-6-13(28)9-24-12/h1-5,8,12-13,24H,6,9-10H2,(H,25,26)/t12-,13-/m0/s1. The minimum absolute atomic E-state index is 0.0103. The maximum Gasteiger partial charge on any atom is 0.165 e. The molecule has 28 heavy (non-hydrogen) atoms. The van der Waals surface area contributed by atoms with Crippen molar-refractivity contribution in [2.45, 2.75) is 18.5 Å². The first kappa shape index (κ1) is 17.2. The number of nitrogens with one attached hydrogen (secondary N) is 2. The number of piperazine rings is 1. The van der Waals surface area contributed by atoms with Crippen LogP contribution in [0.15, 0.2) is 36.5 Å². The van der Waals surface area contributed by atoms with Gasteiger partial charge < -0.3 is 15.5 Å². The van der Waals surface area contributed by atoms with Crippen LogP contribution in [0, 0.1) is 17.1 Å². The Balaban J connectivity index is 1.63. The fraction of sp³-hybridized carbons (Fsp3) is 0.250. The van der Waals surface area contributed by atoms with Crippen molar-refractivity contribution < 1.29 is 4.39 Å². The van der Waals surface area contributed by atoms with E-state index in [0.29, 0.717) is 34.4 Å². The van der Waals surface area contributed by atoms with Crippen LogP contribution in [-0.2, 0) is 0 Å². The molecule has 0 unspecified atom stereocenters. The van der Waals surface area contributed by atoms with Crippen LogP contribution < -0.4 is 15.5 Å². The van der Waals surface area contributed by atoms with Crippen molar-refractivity contribution >= 4 is 39.8 Å². The van der Waals surface area contributed by atoms with Crippen LogP contribution in [0.2, 0.25) is 5.02 Å². The molecule has 0 spiro atoms. The molecule has 2 N–H and O–H groups in total. The van der Waals surface area contributed by atoms with Gasteiger partial charge in [0.2, 0.25) is 0 Å². The van der Waals surface area contributed by atoms with Crippen molar-refractivity contribution in [3.05, 3.63) is 52.9 Å². The first-order valence-electron chi connectivity index (χ1n) is 9.05. The van der Waals surface area contributed by atoms with Gasteiger partial charge in [-0.05, 0) is 30.7 Å². The predicted octanol–water partition coefficient (Wildman–Crippen LogP) is 3.59. The highest BCUT2D eigenvalue weighted by Gasteiger charge is 2.38. The van der Waals surface area contributed by atoms with Gasteiger partial charge >= 0.3 is 0 Å². The molecular weight excluding hydrogens is 379 g/mol. The molecule has 4 heterocycles. The number of aromatic nitrogens is 2. The second kappa shape index (κ2) is 6.59. The quantitative estimate of drug-likeness (QED) is 0.707. The Hall–Kier alpha value is -2.95. The van der Waals surface area contributed by atoms with Crippen molar-refractivity contribution in [2.75, 3.05) is 23.3 Å². The van der Waals surface area contributed by atoms with E-state index in [1.807, 2.05) is 12.1 Å². The Morgan fingerprint density at radius 1 is 1.32 bits per heavy atom. The molecule has 0 amide bonds. The average Bonchev–Trinajstić information content (AvgIpc) is 3.35. The molecule has 2 bridgehead atoms. The molecule has 2 aromatic heterocycles. The molecule has 0 radical (unpaired) electrons. The minimum atomic E-state index is -0.572. The summed E-state index contributed by atoms with van der Waals surface area (Å²) in [5.74, 6) is 0.269. The summed E-state index contributed by atoms with van der Waals surface area (Å²) in [7, 11) is 0. The van der Waals surface area contributed by atoms with E-state index in [1.165, 1.54) is 12.3 Å². The van der Waals surface area contributed by atoms with E-state index >= 15 is 0 Å². The number of hydrogen-bond acceptors (Lipinski definition) is 6. The van der Waals surface area contributed by atoms with Gasteiger partial charge in [-0.25, -0.2) is 9.37 Å². The van der Waals surface area contributed by atoms with Crippen molar-refractivity contribution in [3.63, 3.8) is 0 Å². The number of hydrogen-bond donors (Lipinski definition) is 2. The lowest BCUT2D eigenvalue weighted by molar-refractivity contribution is 0.577. The number of benzene rings is 1. The van der Waals surface area contributed by atoms with Crippen LogP contribution in [0.25, 0.3) is 11.0 Å². The SMILES string of the molecule is N#Cc1cnc2ccc(N3C[C@@H]4C[C@H]3CN4)nc2c1Nc1cccc(Cl)c1F. The Bertz CT molecular complexity index is 1130. The van der Waals surface area contributed by atoms with Crippen LogP contribution in [0.4, 0.5) is 21.6 Å². The molecule has 8 heteroatoms. The smallest absolute Gasteiger partial charge is 0.165 e. The first-order valence-corrected chi connectivity index (χ1v) is 9.43. The van der Waals surface area contributed by atoms with E-state index < -0.39 is 5.82 Å². The van der Waals surface area contributed by atoms with Crippen molar-refractivity contribution in [3.8, 4) is 6.07 Å². The lowest BCUT2D eigenvalue weighted by Crippen LogP contribution is -2.44.